The van der Waals surface area contributed by atoms with Crippen LogP contribution in [0.5, 0.6) is 0 Å². The van der Waals surface area contributed by atoms with Crippen molar-refractivity contribution in [2.75, 3.05) is 26.7 Å². The normalized spacial score (nSPS) is 10.9. The molecule has 0 saturated heterocycles. The van der Waals surface area contributed by atoms with Gasteiger partial charge in [0.15, 0.2) is 0 Å². The van der Waals surface area contributed by atoms with Gasteiger partial charge in [-0.2, -0.15) is 0 Å². The van der Waals surface area contributed by atoms with Crippen molar-refractivity contribution in [2.45, 2.75) is 13.0 Å². The van der Waals surface area contributed by atoms with Crippen LogP contribution in [0.1, 0.15) is 11.1 Å². The molecular formula is C12H20N2O. The number of hydrogen-bond donors (Lipinski definition) is 2. The number of nitrogens with zero attached hydrogens (tertiary/aromatic N) is 1. The molecule has 0 amide bonds. The van der Waals surface area contributed by atoms with E-state index in [-0.39, 0.29) is 6.61 Å². The van der Waals surface area contributed by atoms with E-state index in [0.29, 0.717) is 13.1 Å². The van der Waals surface area contributed by atoms with Gasteiger partial charge in [0.05, 0.1) is 6.61 Å². The highest BCUT2D eigenvalue weighted by Gasteiger charge is 1.99. The smallest absolute Gasteiger partial charge is 0.0558 e. The van der Waals surface area contributed by atoms with E-state index in [9.17, 15) is 0 Å². The van der Waals surface area contributed by atoms with E-state index >= 15 is 0 Å². The number of aliphatic hydroxyl groups is 1. The number of hydrogen-bond acceptors (Lipinski definition) is 3. The fraction of sp³-hybridized carbons (Fsp3) is 0.500. The Kier molecular flexibility index (Phi) is 5.32. The molecule has 3 N–H and O–H groups in total. The zero-order valence-corrected chi connectivity index (χ0v) is 9.32. The Balaban J connectivity index is 2.48. The molecule has 84 valence electrons. The Hall–Kier alpha value is -0.900. The van der Waals surface area contributed by atoms with Gasteiger partial charge in [-0.3, -0.25) is 4.90 Å². The number of benzene rings is 1. The second kappa shape index (κ2) is 6.56. The second-order valence-corrected chi connectivity index (χ2v) is 3.82. The van der Waals surface area contributed by atoms with Gasteiger partial charge < -0.3 is 10.8 Å². The van der Waals surface area contributed by atoms with E-state index in [2.05, 4.69) is 29.2 Å². The van der Waals surface area contributed by atoms with Crippen LogP contribution in [-0.2, 0) is 13.0 Å². The maximum Gasteiger partial charge on any atom is 0.0558 e. The van der Waals surface area contributed by atoms with Crippen molar-refractivity contribution in [1.82, 2.24) is 4.90 Å². The van der Waals surface area contributed by atoms with Crippen LogP contribution >= 0.6 is 0 Å². The third-order valence-electron chi connectivity index (χ3n) is 2.39. The SMILES string of the molecule is CN(CCO)Cc1ccc(CCN)cc1. The quantitative estimate of drug-likeness (QED) is 0.720. The zero-order chi connectivity index (χ0) is 11.1. The summed E-state index contributed by atoms with van der Waals surface area (Å²) in [5.74, 6) is 0. The standard InChI is InChI=1S/C12H20N2O/c1-14(8-9-15)10-12-4-2-11(3-5-12)6-7-13/h2-5,15H,6-10,13H2,1H3. The molecule has 0 bridgehead atoms. The van der Waals surface area contributed by atoms with Gasteiger partial charge in [0.2, 0.25) is 0 Å². The summed E-state index contributed by atoms with van der Waals surface area (Å²) in [5.41, 5.74) is 8.04. The number of aliphatic hydroxyl groups excluding tert-OH is 1. The van der Waals surface area contributed by atoms with Gasteiger partial charge >= 0.3 is 0 Å². The van der Waals surface area contributed by atoms with Crippen LogP contribution in [-0.4, -0.2) is 36.8 Å². The molecule has 0 unspecified atom stereocenters. The Morgan fingerprint density at radius 1 is 1.20 bits per heavy atom. The molecule has 0 aliphatic heterocycles. The van der Waals surface area contributed by atoms with Gasteiger partial charge in [0, 0.05) is 13.1 Å². The number of rotatable bonds is 6. The number of nitrogens with two attached hydrogens (primary N) is 1. The first-order valence-electron chi connectivity index (χ1n) is 5.33. The summed E-state index contributed by atoms with van der Waals surface area (Å²) in [4.78, 5) is 2.10. The lowest BCUT2D eigenvalue weighted by molar-refractivity contribution is 0.217. The predicted molar refractivity (Wildman–Crippen MR) is 62.6 cm³/mol. The molecule has 15 heavy (non-hydrogen) atoms. The molecule has 1 aromatic rings. The van der Waals surface area contributed by atoms with Crippen molar-refractivity contribution in [3.63, 3.8) is 0 Å². The van der Waals surface area contributed by atoms with E-state index in [1.165, 1.54) is 11.1 Å². The lowest BCUT2D eigenvalue weighted by Gasteiger charge is -2.15. The van der Waals surface area contributed by atoms with E-state index in [0.717, 1.165) is 13.0 Å². The van der Waals surface area contributed by atoms with E-state index in [1.807, 2.05) is 7.05 Å². The molecule has 0 atom stereocenters. The third-order valence-corrected chi connectivity index (χ3v) is 2.39. The van der Waals surface area contributed by atoms with Crippen LogP contribution in [0.2, 0.25) is 0 Å². The summed E-state index contributed by atoms with van der Waals surface area (Å²) in [7, 11) is 2.00. The minimum absolute atomic E-state index is 0.210. The Morgan fingerprint density at radius 2 is 1.80 bits per heavy atom. The van der Waals surface area contributed by atoms with Gasteiger partial charge in [0.25, 0.3) is 0 Å². The summed E-state index contributed by atoms with van der Waals surface area (Å²) in [6.07, 6.45) is 0.937. The molecule has 3 heteroatoms. The molecule has 0 heterocycles. The van der Waals surface area contributed by atoms with Crippen LogP contribution in [0.4, 0.5) is 0 Å². The second-order valence-electron chi connectivity index (χ2n) is 3.82. The zero-order valence-electron chi connectivity index (χ0n) is 9.32. The van der Waals surface area contributed by atoms with Crippen molar-refractivity contribution in [2.24, 2.45) is 5.73 Å². The van der Waals surface area contributed by atoms with Gasteiger partial charge in [-0.05, 0) is 31.1 Å². The first kappa shape index (κ1) is 12.2. The predicted octanol–water partition coefficient (Wildman–Crippen LogP) is 0.612. The van der Waals surface area contributed by atoms with E-state index < -0.39 is 0 Å². The van der Waals surface area contributed by atoms with Crippen molar-refractivity contribution in [1.29, 1.82) is 0 Å². The summed E-state index contributed by atoms with van der Waals surface area (Å²) in [6, 6.07) is 8.49. The van der Waals surface area contributed by atoms with Crippen LogP contribution < -0.4 is 5.73 Å². The van der Waals surface area contributed by atoms with Crippen molar-refractivity contribution in [3.05, 3.63) is 35.4 Å². The van der Waals surface area contributed by atoms with Crippen molar-refractivity contribution >= 4 is 0 Å². The molecule has 3 nitrogen and oxygen atoms in total. The Morgan fingerprint density at radius 3 is 2.33 bits per heavy atom. The fourth-order valence-electron chi connectivity index (χ4n) is 1.54. The molecule has 0 spiro atoms. The topological polar surface area (TPSA) is 49.5 Å². The molecule has 0 fully saturated rings. The molecule has 0 aliphatic rings. The minimum Gasteiger partial charge on any atom is -0.395 e. The lowest BCUT2D eigenvalue weighted by atomic mass is 10.1. The highest BCUT2D eigenvalue weighted by Crippen LogP contribution is 2.06. The van der Waals surface area contributed by atoms with Crippen LogP contribution in [0, 0.1) is 0 Å². The summed E-state index contributed by atoms with van der Waals surface area (Å²) >= 11 is 0. The summed E-state index contributed by atoms with van der Waals surface area (Å²) in [6.45, 7) is 2.50. The van der Waals surface area contributed by atoms with Gasteiger partial charge in [0.1, 0.15) is 0 Å². The maximum absolute atomic E-state index is 8.77. The first-order chi connectivity index (χ1) is 7.26. The van der Waals surface area contributed by atoms with Crippen molar-refractivity contribution in [3.8, 4) is 0 Å². The van der Waals surface area contributed by atoms with Gasteiger partial charge in [-0.25, -0.2) is 0 Å². The van der Waals surface area contributed by atoms with Crippen LogP contribution in [0.15, 0.2) is 24.3 Å². The Bertz CT molecular complexity index is 271. The maximum atomic E-state index is 8.77. The third kappa shape index (κ3) is 4.42. The van der Waals surface area contributed by atoms with Crippen molar-refractivity contribution < 1.29 is 5.11 Å². The molecule has 1 aromatic carbocycles. The lowest BCUT2D eigenvalue weighted by Crippen LogP contribution is -2.21. The molecule has 0 aromatic heterocycles. The van der Waals surface area contributed by atoms with Gasteiger partial charge in [-0.15, -0.1) is 0 Å². The first-order valence-corrected chi connectivity index (χ1v) is 5.33. The van der Waals surface area contributed by atoms with E-state index in [1.54, 1.807) is 0 Å². The Labute approximate surface area is 91.5 Å². The highest BCUT2D eigenvalue weighted by atomic mass is 16.3. The fourth-order valence-corrected chi connectivity index (χ4v) is 1.54. The summed E-state index contributed by atoms with van der Waals surface area (Å²) in [5, 5.41) is 8.77. The van der Waals surface area contributed by atoms with Crippen LogP contribution in [0.3, 0.4) is 0 Å². The summed E-state index contributed by atoms with van der Waals surface area (Å²) < 4.78 is 0. The molecule has 0 radical (unpaired) electrons. The molecule has 1 rings (SSSR count). The monoisotopic (exact) mass is 208 g/mol. The average molecular weight is 208 g/mol. The minimum atomic E-state index is 0.210. The highest BCUT2D eigenvalue weighted by molar-refractivity contribution is 5.22. The molecular weight excluding hydrogens is 188 g/mol. The largest absolute Gasteiger partial charge is 0.395 e. The average Bonchev–Trinajstić information content (AvgIpc) is 2.22. The molecule has 0 saturated carbocycles. The molecule has 0 aliphatic carbocycles. The van der Waals surface area contributed by atoms with Crippen LogP contribution in [0.25, 0.3) is 0 Å². The van der Waals surface area contributed by atoms with Gasteiger partial charge in [-0.1, -0.05) is 24.3 Å². The van der Waals surface area contributed by atoms with E-state index in [4.69, 9.17) is 10.8 Å². The number of likely N-dealkylation sites (N-methyl/N-ethyl adjacent to an activating group) is 1.